The highest BCUT2D eigenvalue weighted by Gasteiger charge is 2.12. The second kappa shape index (κ2) is 7.17. The highest BCUT2D eigenvalue weighted by molar-refractivity contribution is 8.02. The van der Waals surface area contributed by atoms with Crippen molar-refractivity contribution < 1.29 is 4.39 Å². The van der Waals surface area contributed by atoms with Crippen LogP contribution >= 0.6 is 34.9 Å². The first-order valence-electron chi connectivity index (χ1n) is 6.50. The third-order valence-electron chi connectivity index (χ3n) is 2.81. The van der Waals surface area contributed by atoms with E-state index in [1.807, 2.05) is 23.6 Å². The van der Waals surface area contributed by atoms with Crippen molar-refractivity contribution in [3.63, 3.8) is 0 Å². The lowest BCUT2D eigenvalue weighted by Crippen LogP contribution is -2.11. The molecule has 22 heavy (non-hydrogen) atoms. The molecule has 2 aromatic heterocycles. The van der Waals surface area contributed by atoms with Gasteiger partial charge in [0.05, 0.1) is 4.88 Å². The first-order chi connectivity index (χ1) is 10.8. The van der Waals surface area contributed by atoms with E-state index in [1.165, 1.54) is 34.3 Å². The number of aromatic nitrogens is 3. The van der Waals surface area contributed by atoms with Crippen LogP contribution in [0.2, 0.25) is 0 Å². The minimum absolute atomic E-state index is 0.181. The molecular formula is C14H13FN4S3. The number of nitrogens with zero attached hydrogens (tertiary/aromatic N) is 3. The number of hydrogen-bond donors (Lipinski definition) is 1. The van der Waals surface area contributed by atoms with Crippen LogP contribution in [-0.4, -0.2) is 26.4 Å². The Balaban J connectivity index is 1.55. The normalized spacial score (nSPS) is 11.0. The van der Waals surface area contributed by atoms with Gasteiger partial charge in [0.1, 0.15) is 5.82 Å². The van der Waals surface area contributed by atoms with Crippen molar-refractivity contribution in [2.24, 2.45) is 0 Å². The summed E-state index contributed by atoms with van der Waals surface area (Å²) < 4.78 is 15.0. The van der Waals surface area contributed by atoms with E-state index in [-0.39, 0.29) is 5.82 Å². The van der Waals surface area contributed by atoms with Crippen molar-refractivity contribution in [1.82, 2.24) is 14.9 Å². The largest absolute Gasteiger partial charge is 0.335 e. The van der Waals surface area contributed by atoms with Crippen molar-refractivity contribution in [1.29, 1.82) is 0 Å². The second-order valence-electron chi connectivity index (χ2n) is 4.28. The Morgan fingerprint density at radius 3 is 2.68 bits per heavy atom. The van der Waals surface area contributed by atoms with Gasteiger partial charge in [0, 0.05) is 16.4 Å². The molecule has 2 heterocycles. The minimum Gasteiger partial charge on any atom is -0.335 e. The lowest BCUT2D eigenvalue weighted by Gasteiger charge is -2.03. The van der Waals surface area contributed by atoms with E-state index in [2.05, 4.69) is 10.2 Å². The highest BCUT2D eigenvalue weighted by atomic mass is 32.2. The first kappa shape index (κ1) is 15.4. The number of hydrogen-bond acceptors (Lipinski definition) is 6. The van der Waals surface area contributed by atoms with Gasteiger partial charge in [0.15, 0.2) is 5.82 Å². The topological polar surface area (TPSA) is 56.7 Å². The number of rotatable bonds is 6. The molecule has 0 aliphatic heterocycles. The van der Waals surface area contributed by atoms with E-state index >= 15 is 0 Å². The maximum Gasteiger partial charge on any atom is 0.210 e. The smallest absolute Gasteiger partial charge is 0.210 e. The molecule has 3 rings (SSSR count). The standard InChI is InChI=1S/C14H13FN4S3/c15-10-4-1-2-5-11(10)21-8-9-22-14-18-17-13(19(14)16)12-6-3-7-20-12/h1-7H,8-9,16H2. The molecule has 3 aromatic rings. The van der Waals surface area contributed by atoms with Crippen molar-refractivity contribution in [2.45, 2.75) is 10.1 Å². The summed E-state index contributed by atoms with van der Waals surface area (Å²) in [6.45, 7) is 0. The van der Waals surface area contributed by atoms with E-state index in [4.69, 9.17) is 5.84 Å². The van der Waals surface area contributed by atoms with E-state index < -0.39 is 0 Å². The van der Waals surface area contributed by atoms with Crippen molar-refractivity contribution in [3.8, 4) is 10.7 Å². The van der Waals surface area contributed by atoms with E-state index in [1.54, 1.807) is 23.5 Å². The first-order valence-corrected chi connectivity index (χ1v) is 9.35. The van der Waals surface area contributed by atoms with Crippen molar-refractivity contribution in [2.75, 3.05) is 17.3 Å². The van der Waals surface area contributed by atoms with Crippen LogP contribution in [0, 0.1) is 5.82 Å². The number of nitrogens with two attached hydrogens (primary N) is 1. The summed E-state index contributed by atoms with van der Waals surface area (Å²) in [5, 5.41) is 10.9. The molecule has 114 valence electrons. The molecule has 0 aliphatic rings. The zero-order chi connectivity index (χ0) is 15.4. The van der Waals surface area contributed by atoms with Gasteiger partial charge in [0.2, 0.25) is 5.16 Å². The van der Waals surface area contributed by atoms with Gasteiger partial charge in [-0.1, -0.05) is 30.0 Å². The average Bonchev–Trinajstić information content (AvgIpc) is 3.15. The fourth-order valence-corrected chi connectivity index (χ4v) is 4.28. The van der Waals surface area contributed by atoms with Crippen LogP contribution in [0.5, 0.6) is 0 Å². The SMILES string of the molecule is Nn1c(SCCSc2ccccc2F)nnc1-c1cccs1. The number of nitrogen functional groups attached to an aromatic ring is 1. The van der Waals surface area contributed by atoms with Crippen LogP contribution in [-0.2, 0) is 0 Å². The van der Waals surface area contributed by atoms with Crippen LogP contribution in [0.15, 0.2) is 51.8 Å². The second-order valence-corrected chi connectivity index (χ2v) is 7.43. The molecule has 0 saturated heterocycles. The summed E-state index contributed by atoms with van der Waals surface area (Å²) in [7, 11) is 0. The van der Waals surface area contributed by atoms with E-state index in [0.717, 1.165) is 16.4 Å². The quantitative estimate of drug-likeness (QED) is 0.416. The summed E-state index contributed by atoms with van der Waals surface area (Å²) in [5.74, 6) is 8.05. The Bertz CT molecular complexity index is 742. The number of thioether (sulfide) groups is 2. The number of thiophene rings is 1. The molecular weight excluding hydrogens is 339 g/mol. The Labute approximate surface area is 139 Å². The summed E-state index contributed by atoms with van der Waals surface area (Å²) in [4.78, 5) is 1.65. The van der Waals surface area contributed by atoms with Gasteiger partial charge in [0.25, 0.3) is 0 Å². The molecule has 0 unspecified atom stereocenters. The Morgan fingerprint density at radius 1 is 1.09 bits per heavy atom. The molecule has 0 fully saturated rings. The Kier molecular flexibility index (Phi) is 5.01. The molecule has 0 spiro atoms. The lowest BCUT2D eigenvalue weighted by atomic mass is 10.3. The molecule has 2 N–H and O–H groups in total. The van der Waals surface area contributed by atoms with Gasteiger partial charge < -0.3 is 5.84 Å². The van der Waals surface area contributed by atoms with Gasteiger partial charge in [-0.05, 0) is 23.6 Å². The third-order valence-corrected chi connectivity index (χ3v) is 5.93. The van der Waals surface area contributed by atoms with E-state index in [0.29, 0.717) is 15.9 Å². The fraction of sp³-hybridized carbons (Fsp3) is 0.143. The minimum atomic E-state index is -0.181. The van der Waals surface area contributed by atoms with Crippen molar-refractivity contribution in [3.05, 3.63) is 47.6 Å². The van der Waals surface area contributed by atoms with Crippen LogP contribution in [0.25, 0.3) is 10.7 Å². The predicted molar refractivity (Wildman–Crippen MR) is 91.3 cm³/mol. The van der Waals surface area contributed by atoms with Gasteiger partial charge in [-0.3, -0.25) is 0 Å². The number of benzene rings is 1. The predicted octanol–water partition coefficient (Wildman–Crippen LogP) is 3.74. The Hall–Kier alpha value is -1.51. The van der Waals surface area contributed by atoms with Gasteiger partial charge in [-0.25, -0.2) is 9.07 Å². The summed E-state index contributed by atoms with van der Waals surface area (Å²) in [5.41, 5.74) is 0. The monoisotopic (exact) mass is 352 g/mol. The third kappa shape index (κ3) is 3.45. The average molecular weight is 352 g/mol. The van der Waals surface area contributed by atoms with Gasteiger partial charge in [-0.2, -0.15) is 0 Å². The Morgan fingerprint density at radius 2 is 1.91 bits per heavy atom. The number of halogens is 1. The van der Waals surface area contributed by atoms with Crippen molar-refractivity contribution >= 4 is 34.9 Å². The molecule has 0 amide bonds. The molecule has 0 saturated carbocycles. The molecule has 0 atom stereocenters. The van der Waals surface area contributed by atoms with Gasteiger partial charge in [-0.15, -0.1) is 33.3 Å². The zero-order valence-electron chi connectivity index (χ0n) is 11.5. The highest BCUT2D eigenvalue weighted by Crippen LogP contribution is 2.27. The molecule has 8 heteroatoms. The molecule has 4 nitrogen and oxygen atoms in total. The molecule has 0 radical (unpaired) electrons. The summed E-state index contributed by atoms with van der Waals surface area (Å²) in [6, 6.07) is 10.7. The molecule has 0 aliphatic carbocycles. The lowest BCUT2D eigenvalue weighted by molar-refractivity contribution is 0.602. The van der Waals surface area contributed by atoms with Crippen LogP contribution < -0.4 is 5.84 Å². The molecule has 1 aromatic carbocycles. The molecule has 0 bridgehead atoms. The zero-order valence-corrected chi connectivity index (χ0v) is 13.9. The van der Waals surface area contributed by atoms with Crippen LogP contribution in [0.1, 0.15) is 0 Å². The van der Waals surface area contributed by atoms with E-state index in [9.17, 15) is 4.39 Å². The van der Waals surface area contributed by atoms with Crippen LogP contribution in [0.4, 0.5) is 4.39 Å². The van der Waals surface area contributed by atoms with Crippen LogP contribution in [0.3, 0.4) is 0 Å². The maximum absolute atomic E-state index is 13.5. The van der Waals surface area contributed by atoms with Gasteiger partial charge >= 0.3 is 0 Å². The fourth-order valence-electron chi connectivity index (χ4n) is 1.80. The maximum atomic E-state index is 13.5. The summed E-state index contributed by atoms with van der Waals surface area (Å²) >= 11 is 4.57. The summed E-state index contributed by atoms with van der Waals surface area (Å²) in [6.07, 6.45) is 0.